The van der Waals surface area contributed by atoms with Crippen molar-refractivity contribution < 1.29 is 0 Å². The second-order valence-electron chi connectivity index (χ2n) is 8.89. The number of rotatable bonds is 3. The van der Waals surface area contributed by atoms with Crippen molar-refractivity contribution in [3.63, 3.8) is 0 Å². The van der Waals surface area contributed by atoms with Gasteiger partial charge in [-0.2, -0.15) is 9.50 Å². The minimum absolute atomic E-state index is 0.737. The molecule has 0 saturated carbocycles. The summed E-state index contributed by atoms with van der Waals surface area (Å²) in [5, 5.41) is 7.02. The molecule has 0 spiro atoms. The van der Waals surface area contributed by atoms with Crippen molar-refractivity contribution in [3.05, 3.63) is 58.1 Å². The number of piperazine rings is 1. The van der Waals surface area contributed by atoms with Gasteiger partial charge in [0, 0.05) is 37.4 Å². The van der Waals surface area contributed by atoms with Crippen molar-refractivity contribution in [2.75, 3.05) is 36.0 Å². The van der Waals surface area contributed by atoms with E-state index in [-0.39, 0.29) is 0 Å². The lowest BCUT2D eigenvalue weighted by Crippen LogP contribution is -2.48. The van der Waals surface area contributed by atoms with Crippen LogP contribution in [0.3, 0.4) is 0 Å². The molecule has 0 radical (unpaired) electrons. The van der Waals surface area contributed by atoms with Crippen molar-refractivity contribution >= 4 is 28.6 Å². The van der Waals surface area contributed by atoms with Gasteiger partial charge in [-0.05, 0) is 68.2 Å². The lowest BCUT2D eigenvalue weighted by molar-refractivity contribution is 0.614. The highest BCUT2D eigenvalue weighted by Crippen LogP contribution is 2.33. The summed E-state index contributed by atoms with van der Waals surface area (Å²) in [4.78, 5) is 15.9. The molecular formula is C25H28N6S. The van der Waals surface area contributed by atoms with E-state index < -0.39 is 0 Å². The Morgan fingerprint density at radius 3 is 2.50 bits per heavy atom. The maximum atomic E-state index is 4.94. The number of aryl methyl sites for hydroxylation is 2. The molecule has 6 nitrogen and oxygen atoms in total. The van der Waals surface area contributed by atoms with E-state index in [1.54, 1.807) is 11.3 Å². The van der Waals surface area contributed by atoms with E-state index in [1.807, 2.05) is 4.52 Å². The van der Waals surface area contributed by atoms with Crippen molar-refractivity contribution in [2.45, 2.75) is 39.5 Å². The fourth-order valence-electron chi connectivity index (χ4n) is 5.09. The second kappa shape index (κ2) is 7.89. The molecule has 164 valence electrons. The number of fused-ring (bicyclic) bond motifs is 2. The highest BCUT2D eigenvalue weighted by Gasteiger charge is 2.27. The minimum atomic E-state index is 0.737. The van der Waals surface area contributed by atoms with E-state index in [1.165, 1.54) is 46.7 Å². The summed E-state index contributed by atoms with van der Waals surface area (Å²) in [5.41, 5.74) is 6.72. The van der Waals surface area contributed by atoms with Crippen LogP contribution >= 0.6 is 11.3 Å². The number of nitrogens with zero attached hydrogens (tertiary/aromatic N) is 6. The number of aromatic nitrogens is 4. The zero-order valence-corrected chi connectivity index (χ0v) is 19.5. The molecule has 0 unspecified atom stereocenters. The molecule has 1 fully saturated rings. The monoisotopic (exact) mass is 444 g/mol. The van der Waals surface area contributed by atoms with Gasteiger partial charge in [-0.1, -0.05) is 18.2 Å². The van der Waals surface area contributed by atoms with Gasteiger partial charge in [-0.15, -0.1) is 16.4 Å². The Bertz CT molecular complexity index is 1270. The summed E-state index contributed by atoms with van der Waals surface area (Å²) in [6, 6.07) is 10.8. The van der Waals surface area contributed by atoms with Gasteiger partial charge in [0.05, 0.1) is 10.6 Å². The number of anilines is 2. The molecule has 0 bridgehead atoms. The molecule has 4 heterocycles. The zero-order valence-electron chi connectivity index (χ0n) is 18.7. The maximum absolute atomic E-state index is 4.94. The molecule has 1 saturated heterocycles. The van der Waals surface area contributed by atoms with Gasteiger partial charge in [-0.25, -0.2) is 4.98 Å². The lowest BCUT2D eigenvalue weighted by atomic mass is 9.96. The van der Waals surface area contributed by atoms with Gasteiger partial charge in [0.2, 0.25) is 0 Å². The molecule has 0 N–H and O–H groups in total. The first-order valence-corrected chi connectivity index (χ1v) is 12.5. The average Bonchev–Trinajstić information content (AvgIpc) is 3.49. The predicted octanol–water partition coefficient (Wildman–Crippen LogP) is 4.68. The largest absolute Gasteiger partial charge is 0.368 e. The second-order valence-corrected chi connectivity index (χ2v) is 9.83. The molecule has 0 atom stereocenters. The Kier molecular flexibility index (Phi) is 4.86. The Labute approximate surface area is 192 Å². The van der Waals surface area contributed by atoms with E-state index in [0.29, 0.717) is 0 Å². The normalized spacial score (nSPS) is 16.6. The van der Waals surface area contributed by atoms with Crippen LogP contribution in [0.4, 0.5) is 11.5 Å². The van der Waals surface area contributed by atoms with Crippen LogP contribution in [0.25, 0.3) is 16.5 Å². The number of hydrogen-bond acceptors (Lipinski definition) is 6. The third-order valence-corrected chi connectivity index (χ3v) is 7.84. The highest BCUT2D eigenvalue weighted by molar-refractivity contribution is 7.13. The molecule has 1 aliphatic carbocycles. The number of benzene rings is 1. The maximum Gasteiger partial charge on any atom is 0.254 e. The highest BCUT2D eigenvalue weighted by atomic mass is 32.1. The number of hydrogen-bond donors (Lipinski definition) is 0. The SMILES string of the molecule is Cc1cccc(N2CCN(c3c4c(nc5nc(-c6cccs6)nn35)CCCC4)CC2)c1C. The number of thiophene rings is 1. The molecule has 6 rings (SSSR count). The van der Waals surface area contributed by atoms with Crippen LogP contribution in [0, 0.1) is 13.8 Å². The fraction of sp³-hybridized carbons (Fsp3) is 0.400. The first-order chi connectivity index (χ1) is 15.7. The molecule has 2 aliphatic rings. The third-order valence-electron chi connectivity index (χ3n) is 6.97. The average molecular weight is 445 g/mol. The van der Waals surface area contributed by atoms with Crippen molar-refractivity contribution in [1.29, 1.82) is 0 Å². The molecule has 32 heavy (non-hydrogen) atoms. The standard InChI is InChI=1S/C25H28N6S/c1-17-7-5-10-21(18(17)2)29-12-14-30(15-13-29)24-19-8-3-4-9-20(19)26-25-27-23(28-31(24)25)22-11-6-16-32-22/h5-7,10-11,16H,3-4,8-9,12-15H2,1-2H3. The molecular weight excluding hydrogens is 416 g/mol. The van der Waals surface area contributed by atoms with Crippen molar-refractivity contribution in [3.8, 4) is 10.7 Å². The van der Waals surface area contributed by atoms with Gasteiger partial charge in [-0.3, -0.25) is 0 Å². The van der Waals surface area contributed by atoms with Gasteiger partial charge in [0.15, 0.2) is 5.82 Å². The Morgan fingerprint density at radius 2 is 1.69 bits per heavy atom. The summed E-state index contributed by atoms with van der Waals surface area (Å²) in [6.07, 6.45) is 4.56. The summed E-state index contributed by atoms with van der Waals surface area (Å²) < 4.78 is 2.02. The first kappa shape index (κ1) is 19.7. The topological polar surface area (TPSA) is 49.6 Å². The smallest absolute Gasteiger partial charge is 0.254 e. The zero-order chi connectivity index (χ0) is 21.7. The van der Waals surface area contributed by atoms with Gasteiger partial charge in [0.25, 0.3) is 5.78 Å². The van der Waals surface area contributed by atoms with Crippen molar-refractivity contribution in [2.24, 2.45) is 0 Å². The van der Waals surface area contributed by atoms with Crippen LogP contribution in [0.15, 0.2) is 35.7 Å². The van der Waals surface area contributed by atoms with Crippen LogP contribution in [0.2, 0.25) is 0 Å². The third kappa shape index (κ3) is 3.26. The summed E-state index contributed by atoms with van der Waals surface area (Å²) in [5.74, 6) is 2.74. The van der Waals surface area contributed by atoms with Gasteiger partial charge >= 0.3 is 0 Å². The Hall–Kier alpha value is -2.93. The van der Waals surface area contributed by atoms with E-state index in [9.17, 15) is 0 Å². The molecule has 0 amide bonds. The summed E-state index contributed by atoms with van der Waals surface area (Å²) in [6.45, 7) is 8.41. The van der Waals surface area contributed by atoms with Crippen LogP contribution in [0.1, 0.15) is 35.2 Å². The summed E-state index contributed by atoms with van der Waals surface area (Å²) in [7, 11) is 0. The van der Waals surface area contributed by atoms with E-state index in [0.717, 1.165) is 55.5 Å². The minimum Gasteiger partial charge on any atom is -0.368 e. The van der Waals surface area contributed by atoms with Gasteiger partial charge < -0.3 is 9.80 Å². The summed E-state index contributed by atoms with van der Waals surface area (Å²) >= 11 is 1.68. The van der Waals surface area contributed by atoms with Crippen molar-refractivity contribution in [1.82, 2.24) is 19.6 Å². The fourth-order valence-corrected chi connectivity index (χ4v) is 5.75. The molecule has 7 heteroatoms. The van der Waals surface area contributed by atoms with Crippen LogP contribution < -0.4 is 9.80 Å². The lowest BCUT2D eigenvalue weighted by Gasteiger charge is -2.39. The van der Waals surface area contributed by atoms with E-state index in [2.05, 4.69) is 59.4 Å². The van der Waals surface area contributed by atoms with E-state index in [4.69, 9.17) is 15.1 Å². The Morgan fingerprint density at radius 1 is 0.875 bits per heavy atom. The van der Waals surface area contributed by atoms with Crippen LogP contribution in [-0.2, 0) is 12.8 Å². The first-order valence-electron chi connectivity index (χ1n) is 11.6. The molecule has 1 aliphatic heterocycles. The Balaban J connectivity index is 1.37. The molecule has 1 aromatic carbocycles. The van der Waals surface area contributed by atoms with Crippen LogP contribution in [0.5, 0.6) is 0 Å². The molecule has 4 aromatic rings. The van der Waals surface area contributed by atoms with E-state index >= 15 is 0 Å². The van der Waals surface area contributed by atoms with Gasteiger partial charge in [0.1, 0.15) is 5.82 Å². The van der Waals surface area contributed by atoms with Crippen LogP contribution in [-0.4, -0.2) is 45.8 Å². The molecule has 3 aromatic heterocycles. The predicted molar refractivity (Wildman–Crippen MR) is 131 cm³/mol. The quantitative estimate of drug-likeness (QED) is 0.459.